The number of nitrogens with zero attached hydrogens (tertiary/aromatic N) is 4. The van der Waals surface area contributed by atoms with Crippen LogP contribution < -0.4 is 15.5 Å². The van der Waals surface area contributed by atoms with Crippen LogP contribution in [0.15, 0.2) is 68.3 Å². The van der Waals surface area contributed by atoms with Gasteiger partial charge in [0.2, 0.25) is 11.8 Å². The Labute approximate surface area is 240 Å². The van der Waals surface area contributed by atoms with Gasteiger partial charge >= 0.3 is 5.69 Å². The average Bonchev–Trinajstić information content (AvgIpc) is 3.58. The van der Waals surface area contributed by atoms with Gasteiger partial charge in [-0.05, 0) is 68.9 Å². The summed E-state index contributed by atoms with van der Waals surface area (Å²) in [4.78, 5) is 7.68. The highest BCUT2D eigenvalue weighted by Gasteiger charge is 2.54. The summed E-state index contributed by atoms with van der Waals surface area (Å²) in [5.41, 5.74) is 0.703. The quantitative estimate of drug-likeness (QED) is 0.428. The molecule has 1 saturated carbocycles. The molecule has 2 aromatic rings. The standard InChI is InChI=1S/C30H36F2N6O2S/c1-19-36-37-28(39-19)20-12-14-22(15-13-20)38-16-6-7-21(18-38)34-24-9-3-4-10-25(24)35-30-33-17-27-23-8-2-5-11-26(23)40-29(31)41(27,30)32/h8,11-15,17,21,24-25,29,34H,2-7,9-10,16,18H2,1H3,(H,33,35)/t21?,24-,25?,29?/m1/s1. The number of halogens is 2. The van der Waals surface area contributed by atoms with Crippen molar-refractivity contribution in [1.82, 2.24) is 20.8 Å². The Hall–Kier alpha value is -3.18. The van der Waals surface area contributed by atoms with Crippen molar-refractivity contribution in [1.29, 1.82) is 0 Å². The van der Waals surface area contributed by atoms with Crippen molar-refractivity contribution >= 4 is 21.3 Å². The average molecular weight is 583 g/mol. The van der Waals surface area contributed by atoms with Crippen LogP contribution in [0.5, 0.6) is 0 Å². The topological polar surface area (TPSA) is 87.8 Å². The largest absolute Gasteiger partial charge is 0.450 e. The molecule has 5 aliphatic rings. The third kappa shape index (κ3) is 4.97. The molecule has 11 heteroatoms. The summed E-state index contributed by atoms with van der Waals surface area (Å²) in [5.74, 6) is 1.53. The van der Waals surface area contributed by atoms with Crippen molar-refractivity contribution in [3.8, 4) is 11.5 Å². The Morgan fingerprint density at radius 2 is 1.90 bits per heavy atom. The number of hydrogen-bond donors (Lipinski definition) is 2. The maximum atomic E-state index is 16.5. The number of nitrogens with one attached hydrogen (secondary N) is 2. The van der Waals surface area contributed by atoms with Gasteiger partial charge in [0.25, 0.3) is 0 Å². The van der Waals surface area contributed by atoms with E-state index in [1.54, 1.807) is 13.1 Å². The molecule has 3 aliphatic heterocycles. The van der Waals surface area contributed by atoms with Gasteiger partial charge < -0.3 is 24.7 Å². The highest BCUT2D eigenvalue weighted by Crippen LogP contribution is 2.70. The third-order valence-corrected chi connectivity index (χ3v) is 11.0. The maximum Gasteiger partial charge on any atom is 0.306 e. The second-order valence-corrected chi connectivity index (χ2v) is 13.8. The molecule has 7 rings (SSSR count). The van der Waals surface area contributed by atoms with Crippen molar-refractivity contribution in [2.45, 2.75) is 82.1 Å². The summed E-state index contributed by atoms with van der Waals surface area (Å²) >= 11 is 0. The van der Waals surface area contributed by atoms with Gasteiger partial charge in [-0.2, -0.15) is 8.28 Å². The molecule has 0 amide bonds. The van der Waals surface area contributed by atoms with Gasteiger partial charge in [-0.3, -0.25) is 4.99 Å². The zero-order valence-electron chi connectivity index (χ0n) is 23.2. The SMILES string of the molecule is Cc1nnc(-c2ccc(N3CCCC(N[C@@H]4CCCCC4N=C4NC=C5C6=CCCC=C6OC(F)S54F)C3)cc2)o1. The molecule has 4 unspecified atom stereocenters. The van der Waals surface area contributed by atoms with Gasteiger partial charge in [0, 0.05) is 55.1 Å². The van der Waals surface area contributed by atoms with E-state index in [9.17, 15) is 0 Å². The van der Waals surface area contributed by atoms with Crippen LogP contribution in [0.4, 0.5) is 14.0 Å². The number of aromatic nitrogens is 2. The summed E-state index contributed by atoms with van der Waals surface area (Å²) in [7, 11) is -3.51. The molecule has 1 aromatic carbocycles. The fraction of sp³-hybridized carbons (Fsp3) is 0.500. The first-order valence-electron chi connectivity index (χ1n) is 14.7. The van der Waals surface area contributed by atoms with E-state index in [2.05, 4.69) is 37.9 Å². The number of benzene rings is 1. The number of rotatable bonds is 5. The van der Waals surface area contributed by atoms with Gasteiger partial charge in [0.1, 0.15) is 5.76 Å². The molecule has 2 N–H and O–H groups in total. The minimum absolute atomic E-state index is 0.115. The van der Waals surface area contributed by atoms with Gasteiger partial charge in [-0.25, -0.2) is 0 Å². The number of ether oxygens (including phenoxy) is 1. The van der Waals surface area contributed by atoms with Gasteiger partial charge in [0.05, 0.1) is 21.4 Å². The molecular formula is C30H36F2N6O2S. The van der Waals surface area contributed by atoms with Crippen LogP contribution >= 0.6 is 10.4 Å². The molecule has 2 saturated heterocycles. The van der Waals surface area contributed by atoms with E-state index in [-0.39, 0.29) is 23.3 Å². The Kier molecular flexibility index (Phi) is 7.10. The third-order valence-electron chi connectivity index (χ3n) is 8.67. The second-order valence-electron chi connectivity index (χ2n) is 11.4. The lowest BCUT2D eigenvalue weighted by Gasteiger charge is -2.41. The van der Waals surface area contributed by atoms with E-state index >= 15 is 8.28 Å². The monoisotopic (exact) mass is 582 g/mol. The second kappa shape index (κ2) is 10.9. The summed E-state index contributed by atoms with van der Waals surface area (Å²) < 4.78 is 42.8. The summed E-state index contributed by atoms with van der Waals surface area (Å²) in [6.07, 6.45) is 13.1. The van der Waals surface area contributed by atoms with Crippen molar-refractivity contribution in [3.63, 3.8) is 0 Å². The molecular weight excluding hydrogens is 546 g/mol. The molecule has 0 bridgehead atoms. The van der Waals surface area contributed by atoms with E-state index in [1.807, 2.05) is 24.3 Å². The lowest BCUT2D eigenvalue weighted by atomic mass is 9.89. The molecule has 4 heterocycles. The summed E-state index contributed by atoms with van der Waals surface area (Å²) in [6, 6.07) is 8.54. The molecule has 41 heavy (non-hydrogen) atoms. The first-order chi connectivity index (χ1) is 20.0. The maximum absolute atomic E-state index is 16.5. The lowest BCUT2D eigenvalue weighted by Crippen LogP contribution is -2.53. The highest BCUT2D eigenvalue weighted by molar-refractivity contribution is 8.45. The van der Waals surface area contributed by atoms with E-state index in [1.165, 1.54) is 0 Å². The van der Waals surface area contributed by atoms with Crippen molar-refractivity contribution < 1.29 is 17.4 Å². The Morgan fingerprint density at radius 1 is 1.07 bits per heavy atom. The number of alkyl halides is 1. The minimum atomic E-state index is -3.51. The Morgan fingerprint density at radius 3 is 2.73 bits per heavy atom. The number of aryl methyl sites for hydroxylation is 1. The zero-order valence-corrected chi connectivity index (χ0v) is 24.0. The molecule has 3 fully saturated rings. The molecule has 8 nitrogen and oxygen atoms in total. The predicted octanol–water partition coefficient (Wildman–Crippen LogP) is 6.29. The number of aliphatic imine (C=N–C) groups is 1. The van der Waals surface area contributed by atoms with E-state index < -0.39 is 16.1 Å². The number of amidine groups is 1. The van der Waals surface area contributed by atoms with E-state index in [0.717, 1.165) is 75.7 Å². The number of piperidine rings is 1. The summed E-state index contributed by atoms with van der Waals surface area (Å²) in [5, 5.41) is 15.1. The zero-order chi connectivity index (χ0) is 28.0. The number of anilines is 1. The minimum Gasteiger partial charge on any atom is -0.450 e. The van der Waals surface area contributed by atoms with Gasteiger partial charge in [-0.1, -0.05) is 18.9 Å². The Bertz CT molecular complexity index is 1420. The van der Waals surface area contributed by atoms with Gasteiger partial charge in [-0.15, -0.1) is 10.2 Å². The smallest absolute Gasteiger partial charge is 0.306 e. The molecule has 1 aromatic heterocycles. The summed E-state index contributed by atoms with van der Waals surface area (Å²) in [6.45, 7) is 3.65. The predicted molar refractivity (Wildman–Crippen MR) is 158 cm³/mol. The Balaban J connectivity index is 1.04. The van der Waals surface area contributed by atoms with Crippen LogP contribution in [0.3, 0.4) is 0 Å². The van der Waals surface area contributed by atoms with Crippen LogP contribution in [0, 0.1) is 6.92 Å². The molecule has 5 atom stereocenters. The molecule has 2 aliphatic carbocycles. The fourth-order valence-corrected chi connectivity index (χ4v) is 8.66. The van der Waals surface area contributed by atoms with Crippen LogP contribution in [0.25, 0.3) is 11.5 Å². The normalized spacial score (nSPS) is 33.9. The van der Waals surface area contributed by atoms with E-state index in [4.69, 9.17) is 14.1 Å². The molecule has 218 valence electrons. The number of hydrogen-bond acceptors (Lipinski definition) is 7. The van der Waals surface area contributed by atoms with Crippen LogP contribution in [0.1, 0.15) is 57.3 Å². The lowest BCUT2D eigenvalue weighted by molar-refractivity contribution is 0.0770. The number of allylic oxidation sites excluding steroid dienone is 3. The van der Waals surface area contributed by atoms with Crippen molar-refractivity contribution in [2.24, 2.45) is 4.99 Å². The van der Waals surface area contributed by atoms with Gasteiger partial charge in [0.15, 0.2) is 5.17 Å². The fourth-order valence-electron chi connectivity index (χ4n) is 6.58. The van der Waals surface area contributed by atoms with E-state index in [0.29, 0.717) is 28.0 Å². The molecule has 0 radical (unpaired) electrons. The first kappa shape index (κ1) is 26.7. The van der Waals surface area contributed by atoms with Crippen molar-refractivity contribution in [3.05, 3.63) is 64.7 Å². The van der Waals surface area contributed by atoms with Crippen LogP contribution in [-0.2, 0) is 4.74 Å². The number of fused-ring (bicyclic) bond motifs is 3. The van der Waals surface area contributed by atoms with Crippen molar-refractivity contribution in [2.75, 3.05) is 18.0 Å². The highest BCUT2D eigenvalue weighted by atomic mass is 32.3. The van der Waals surface area contributed by atoms with Crippen LogP contribution in [-0.4, -0.2) is 52.3 Å². The van der Waals surface area contributed by atoms with Crippen LogP contribution in [0.2, 0.25) is 0 Å². The molecule has 0 spiro atoms. The first-order valence-corrected chi connectivity index (χ1v) is 16.3.